The van der Waals surface area contributed by atoms with Gasteiger partial charge in [0.1, 0.15) is 5.03 Å². The number of halogens is 2. The van der Waals surface area contributed by atoms with Crippen LogP contribution in [0.5, 0.6) is 0 Å². The van der Waals surface area contributed by atoms with E-state index in [1.54, 1.807) is 11.8 Å². The van der Waals surface area contributed by atoms with Gasteiger partial charge in [-0.15, -0.1) is 0 Å². The smallest absolute Gasteiger partial charge is 0.106 e. The van der Waals surface area contributed by atoms with Crippen molar-refractivity contribution in [2.75, 3.05) is 0 Å². The Kier molecular flexibility index (Phi) is 4.22. The molecule has 0 atom stereocenters. The minimum Gasteiger partial charge on any atom is -0.326 e. The van der Waals surface area contributed by atoms with E-state index >= 15 is 0 Å². The molecular weight excluding hydrogens is 311 g/mol. The summed E-state index contributed by atoms with van der Waals surface area (Å²) in [7, 11) is 0. The highest BCUT2D eigenvalue weighted by Crippen LogP contribution is 2.35. The van der Waals surface area contributed by atoms with E-state index in [9.17, 15) is 0 Å². The number of aryl methyl sites for hydroxylation is 2. The van der Waals surface area contributed by atoms with Crippen molar-refractivity contribution in [1.82, 2.24) is 4.98 Å². The number of rotatable bonds is 3. The van der Waals surface area contributed by atoms with E-state index in [1.807, 2.05) is 18.2 Å². The first kappa shape index (κ1) is 14.2. The molecule has 5 heteroatoms. The quantitative estimate of drug-likeness (QED) is 0.904. The van der Waals surface area contributed by atoms with Crippen molar-refractivity contribution in [2.24, 2.45) is 5.73 Å². The second kappa shape index (κ2) is 5.94. The molecule has 0 aliphatic heterocycles. The van der Waals surface area contributed by atoms with Crippen LogP contribution < -0.4 is 5.73 Å². The number of pyridine rings is 1. The standard InChI is InChI=1S/C15H14Cl2N2S/c16-12-5-4-11(7-13(12)17)20-15-10(8-18)6-9-2-1-3-14(9)19-15/h4-7H,1-3,8,18H2. The third kappa shape index (κ3) is 2.82. The van der Waals surface area contributed by atoms with Crippen molar-refractivity contribution in [2.45, 2.75) is 35.7 Å². The van der Waals surface area contributed by atoms with Crippen LogP contribution in [-0.4, -0.2) is 4.98 Å². The summed E-state index contributed by atoms with van der Waals surface area (Å²) >= 11 is 13.6. The van der Waals surface area contributed by atoms with E-state index in [0.29, 0.717) is 16.6 Å². The van der Waals surface area contributed by atoms with Gasteiger partial charge in [0.15, 0.2) is 0 Å². The molecule has 0 spiro atoms. The van der Waals surface area contributed by atoms with Crippen LogP contribution in [-0.2, 0) is 19.4 Å². The molecule has 0 saturated carbocycles. The highest BCUT2D eigenvalue weighted by molar-refractivity contribution is 7.99. The lowest BCUT2D eigenvalue weighted by Gasteiger charge is -2.10. The molecule has 104 valence electrons. The maximum Gasteiger partial charge on any atom is 0.106 e. The van der Waals surface area contributed by atoms with Crippen LogP contribution in [0.25, 0.3) is 0 Å². The topological polar surface area (TPSA) is 38.9 Å². The van der Waals surface area contributed by atoms with Crippen LogP contribution in [0.4, 0.5) is 0 Å². The normalized spacial score (nSPS) is 13.6. The summed E-state index contributed by atoms with van der Waals surface area (Å²) in [6.45, 7) is 0.504. The van der Waals surface area contributed by atoms with Crippen molar-refractivity contribution in [3.05, 3.63) is 51.1 Å². The van der Waals surface area contributed by atoms with Gasteiger partial charge >= 0.3 is 0 Å². The molecule has 1 aliphatic carbocycles. The van der Waals surface area contributed by atoms with Gasteiger partial charge in [0.2, 0.25) is 0 Å². The monoisotopic (exact) mass is 324 g/mol. The SMILES string of the molecule is NCc1cc2c(nc1Sc1ccc(Cl)c(Cl)c1)CCC2. The maximum absolute atomic E-state index is 6.06. The van der Waals surface area contributed by atoms with Crippen molar-refractivity contribution in [1.29, 1.82) is 0 Å². The zero-order chi connectivity index (χ0) is 14.1. The number of fused-ring (bicyclic) bond motifs is 1. The number of benzene rings is 1. The fourth-order valence-electron chi connectivity index (χ4n) is 2.39. The van der Waals surface area contributed by atoms with E-state index in [1.165, 1.54) is 17.7 Å². The Balaban J connectivity index is 1.95. The molecule has 2 aromatic rings. The van der Waals surface area contributed by atoms with Gasteiger partial charge in [-0.05, 0) is 48.6 Å². The third-order valence-corrected chi connectivity index (χ3v) is 5.19. The predicted octanol–water partition coefficient (Wildman–Crippen LogP) is 4.49. The second-order valence-corrected chi connectivity index (χ2v) is 6.67. The van der Waals surface area contributed by atoms with Gasteiger partial charge in [0.25, 0.3) is 0 Å². The Hall–Kier alpha value is -0.740. The Morgan fingerprint density at radius 3 is 2.75 bits per heavy atom. The van der Waals surface area contributed by atoms with E-state index < -0.39 is 0 Å². The van der Waals surface area contributed by atoms with Gasteiger partial charge in [-0.3, -0.25) is 0 Å². The van der Waals surface area contributed by atoms with E-state index in [0.717, 1.165) is 28.3 Å². The molecule has 2 nitrogen and oxygen atoms in total. The Morgan fingerprint density at radius 1 is 1.15 bits per heavy atom. The Morgan fingerprint density at radius 2 is 2.00 bits per heavy atom. The summed E-state index contributed by atoms with van der Waals surface area (Å²) < 4.78 is 0. The Bertz CT molecular complexity index is 659. The number of nitrogens with two attached hydrogens (primary N) is 1. The lowest BCUT2D eigenvalue weighted by Crippen LogP contribution is -2.03. The van der Waals surface area contributed by atoms with Crippen molar-refractivity contribution < 1.29 is 0 Å². The third-order valence-electron chi connectivity index (χ3n) is 3.42. The average molecular weight is 325 g/mol. The van der Waals surface area contributed by atoms with Gasteiger partial charge in [-0.2, -0.15) is 0 Å². The number of nitrogens with zero attached hydrogens (tertiary/aromatic N) is 1. The molecule has 1 aromatic carbocycles. The first-order valence-corrected chi connectivity index (χ1v) is 8.09. The molecule has 3 rings (SSSR count). The summed E-state index contributed by atoms with van der Waals surface area (Å²) in [5, 5.41) is 2.11. The molecule has 0 radical (unpaired) electrons. The van der Waals surface area contributed by atoms with Crippen LogP contribution in [0.15, 0.2) is 34.2 Å². The van der Waals surface area contributed by atoms with E-state index in [-0.39, 0.29) is 0 Å². The average Bonchev–Trinajstić information content (AvgIpc) is 2.89. The lowest BCUT2D eigenvalue weighted by molar-refractivity contribution is 0.884. The van der Waals surface area contributed by atoms with Gasteiger partial charge in [-0.1, -0.05) is 41.0 Å². The first-order valence-electron chi connectivity index (χ1n) is 6.52. The zero-order valence-corrected chi connectivity index (χ0v) is 13.2. The van der Waals surface area contributed by atoms with Gasteiger partial charge in [0.05, 0.1) is 10.0 Å². The fourth-order valence-corrected chi connectivity index (χ4v) is 3.72. The minimum atomic E-state index is 0.504. The highest BCUT2D eigenvalue weighted by atomic mass is 35.5. The molecule has 0 saturated heterocycles. The maximum atomic E-state index is 6.06. The van der Waals surface area contributed by atoms with Crippen molar-refractivity contribution >= 4 is 35.0 Å². The van der Waals surface area contributed by atoms with Gasteiger partial charge < -0.3 is 5.73 Å². The van der Waals surface area contributed by atoms with Gasteiger partial charge in [0, 0.05) is 17.1 Å². The molecule has 0 unspecified atom stereocenters. The molecule has 2 N–H and O–H groups in total. The van der Waals surface area contributed by atoms with E-state index in [2.05, 4.69) is 6.07 Å². The molecule has 0 fully saturated rings. The van der Waals surface area contributed by atoms with Crippen molar-refractivity contribution in [3.8, 4) is 0 Å². The molecule has 0 amide bonds. The van der Waals surface area contributed by atoms with Crippen LogP contribution in [0.2, 0.25) is 10.0 Å². The summed E-state index contributed by atoms with van der Waals surface area (Å²) in [6, 6.07) is 7.83. The Labute approximate surface area is 132 Å². The van der Waals surface area contributed by atoms with Crippen molar-refractivity contribution in [3.63, 3.8) is 0 Å². The molecule has 20 heavy (non-hydrogen) atoms. The molecule has 1 heterocycles. The van der Waals surface area contributed by atoms with E-state index in [4.69, 9.17) is 33.9 Å². The number of aromatic nitrogens is 1. The second-order valence-electron chi connectivity index (χ2n) is 4.79. The molecule has 1 aromatic heterocycles. The summed E-state index contributed by atoms with van der Waals surface area (Å²) in [6.07, 6.45) is 3.37. The summed E-state index contributed by atoms with van der Waals surface area (Å²) in [5.74, 6) is 0. The van der Waals surface area contributed by atoms with Crippen LogP contribution in [0.3, 0.4) is 0 Å². The largest absolute Gasteiger partial charge is 0.326 e. The molecule has 0 bridgehead atoms. The van der Waals surface area contributed by atoms with Crippen LogP contribution in [0.1, 0.15) is 23.2 Å². The fraction of sp³-hybridized carbons (Fsp3) is 0.267. The predicted molar refractivity (Wildman–Crippen MR) is 84.7 cm³/mol. The highest BCUT2D eigenvalue weighted by Gasteiger charge is 2.16. The zero-order valence-electron chi connectivity index (χ0n) is 10.8. The summed E-state index contributed by atoms with van der Waals surface area (Å²) in [5.41, 5.74) is 9.51. The van der Waals surface area contributed by atoms with Crippen LogP contribution in [0, 0.1) is 0 Å². The first-order chi connectivity index (χ1) is 9.67. The lowest BCUT2D eigenvalue weighted by atomic mass is 10.1. The number of hydrogen-bond acceptors (Lipinski definition) is 3. The van der Waals surface area contributed by atoms with Gasteiger partial charge in [-0.25, -0.2) is 4.98 Å². The molecular formula is C15H14Cl2N2S. The summed E-state index contributed by atoms with van der Waals surface area (Å²) in [4.78, 5) is 5.81. The minimum absolute atomic E-state index is 0.504. The number of hydrogen-bond donors (Lipinski definition) is 1. The molecule has 1 aliphatic rings. The van der Waals surface area contributed by atoms with Crippen LogP contribution >= 0.6 is 35.0 Å².